The van der Waals surface area contributed by atoms with Crippen LogP contribution in [0.15, 0.2) is 30.3 Å². The summed E-state index contributed by atoms with van der Waals surface area (Å²) in [7, 11) is 0. The fourth-order valence-electron chi connectivity index (χ4n) is 2.89. The van der Waals surface area contributed by atoms with Crippen LogP contribution in [0.3, 0.4) is 0 Å². The van der Waals surface area contributed by atoms with Crippen molar-refractivity contribution in [2.45, 2.75) is 45.5 Å². The zero-order valence-corrected chi connectivity index (χ0v) is 10.7. The number of aliphatic hydroxyl groups is 1. The molecule has 2 heteroatoms. The summed E-state index contributed by atoms with van der Waals surface area (Å²) in [5, 5.41) is 9.95. The number of ether oxygens (including phenoxy) is 1. The van der Waals surface area contributed by atoms with Crippen molar-refractivity contribution >= 4 is 0 Å². The highest BCUT2D eigenvalue weighted by Gasteiger charge is 2.39. The molecule has 0 saturated heterocycles. The van der Waals surface area contributed by atoms with Crippen LogP contribution < -0.4 is 0 Å². The molecule has 4 unspecified atom stereocenters. The lowest BCUT2D eigenvalue weighted by Crippen LogP contribution is -2.20. The van der Waals surface area contributed by atoms with Gasteiger partial charge in [0, 0.05) is 6.42 Å². The Morgan fingerprint density at radius 2 is 2.00 bits per heavy atom. The maximum Gasteiger partial charge on any atom is 0.0720 e. The monoisotopic (exact) mass is 234 g/mol. The molecule has 17 heavy (non-hydrogen) atoms. The summed E-state index contributed by atoms with van der Waals surface area (Å²) < 4.78 is 5.94. The van der Waals surface area contributed by atoms with Gasteiger partial charge in [0.2, 0.25) is 0 Å². The fraction of sp³-hybridized carbons (Fsp3) is 0.600. The van der Waals surface area contributed by atoms with Crippen LogP contribution in [0.1, 0.15) is 32.3 Å². The van der Waals surface area contributed by atoms with Gasteiger partial charge in [-0.15, -0.1) is 0 Å². The lowest BCUT2D eigenvalue weighted by molar-refractivity contribution is 0.0127. The van der Waals surface area contributed by atoms with Gasteiger partial charge in [-0.25, -0.2) is 0 Å². The molecule has 1 aromatic rings. The normalized spacial score (nSPS) is 32.9. The van der Waals surface area contributed by atoms with Crippen LogP contribution in [0.4, 0.5) is 0 Å². The van der Waals surface area contributed by atoms with Gasteiger partial charge in [0.25, 0.3) is 0 Å². The second kappa shape index (κ2) is 5.65. The summed E-state index contributed by atoms with van der Waals surface area (Å²) in [4.78, 5) is 0. The van der Waals surface area contributed by atoms with Crippen molar-refractivity contribution in [3.63, 3.8) is 0 Å². The highest BCUT2D eigenvalue weighted by Crippen LogP contribution is 2.36. The van der Waals surface area contributed by atoms with E-state index in [2.05, 4.69) is 26.0 Å². The van der Waals surface area contributed by atoms with Gasteiger partial charge in [-0.05, 0) is 17.4 Å². The predicted octanol–water partition coefficient (Wildman–Crippen LogP) is 3.00. The quantitative estimate of drug-likeness (QED) is 0.867. The molecule has 94 valence electrons. The van der Waals surface area contributed by atoms with Gasteiger partial charge in [0.1, 0.15) is 0 Å². The average molecular weight is 234 g/mol. The second-order valence-corrected chi connectivity index (χ2v) is 5.07. The highest BCUT2D eigenvalue weighted by atomic mass is 16.5. The molecule has 1 saturated carbocycles. The van der Waals surface area contributed by atoms with E-state index in [1.807, 2.05) is 18.2 Å². The molecule has 0 bridgehead atoms. The molecule has 0 amide bonds. The molecular formula is C15H22O2. The Hall–Kier alpha value is -0.860. The Bertz CT molecular complexity index is 336. The van der Waals surface area contributed by atoms with E-state index in [4.69, 9.17) is 4.74 Å². The van der Waals surface area contributed by atoms with E-state index in [1.54, 1.807) is 0 Å². The van der Waals surface area contributed by atoms with Gasteiger partial charge >= 0.3 is 0 Å². The van der Waals surface area contributed by atoms with E-state index in [0.717, 1.165) is 12.8 Å². The molecular weight excluding hydrogens is 212 g/mol. The first-order valence-corrected chi connectivity index (χ1v) is 6.56. The third-order valence-electron chi connectivity index (χ3n) is 4.01. The molecule has 1 fully saturated rings. The lowest BCUT2D eigenvalue weighted by Gasteiger charge is -2.20. The van der Waals surface area contributed by atoms with E-state index in [9.17, 15) is 5.11 Å². The summed E-state index contributed by atoms with van der Waals surface area (Å²) in [6, 6.07) is 10.2. The van der Waals surface area contributed by atoms with Crippen LogP contribution in [-0.4, -0.2) is 17.3 Å². The maximum atomic E-state index is 9.95. The van der Waals surface area contributed by atoms with E-state index in [0.29, 0.717) is 18.4 Å². The first-order valence-electron chi connectivity index (χ1n) is 6.56. The van der Waals surface area contributed by atoms with Crippen LogP contribution in [-0.2, 0) is 11.3 Å². The topological polar surface area (TPSA) is 29.5 Å². The fourth-order valence-corrected chi connectivity index (χ4v) is 2.89. The molecule has 1 aliphatic rings. The van der Waals surface area contributed by atoms with E-state index < -0.39 is 0 Å². The Kier molecular flexibility index (Phi) is 4.19. The number of hydrogen-bond donors (Lipinski definition) is 1. The maximum absolute atomic E-state index is 9.95. The second-order valence-electron chi connectivity index (χ2n) is 5.07. The standard InChI is InChI=1S/C15H22O2/c1-3-13-11(2)15(9-14(13)16)17-10-12-7-5-4-6-8-12/h4-8,11,13-16H,3,9-10H2,1-2H3. The Balaban J connectivity index is 1.88. The number of rotatable bonds is 4. The van der Waals surface area contributed by atoms with Gasteiger partial charge < -0.3 is 9.84 Å². The van der Waals surface area contributed by atoms with E-state index in [-0.39, 0.29) is 12.2 Å². The van der Waals surface area contributed by atoms with Gasteiger partial charge in [-0.3, -0.25) is 0 Å². The number of benzene rings is 1. The third-order valence-corrected chi connectivity index (χ3v) is 4.01. The Morgan fingerprint density at radius 1 is 1.29 bits per heavy atom. The van der Waals surface area contributed by atoms with Crippen molar-refractivity contribution in [2.75, 3.05) is 0 Å². The third kappa shape index (κ3) is 2.88. The summed E-state index contributed by atoms with van der Waals surface area (Å²) in [5.41, 5.74) is 1.20. The van der Waals surface area contributed by atoms with Crippen LogP contribution in [0.2, 0.25) is 0 Å². The predicted molar refractivity (Wildman–Crippen MR) is 68.6 cm³/mol. The van der Waals surface area contributed by atoms with E-state index >= 15 is 0 Å². The van der Waals surface area contributed by atoms with Crippen molar-refractivity contribution in [1.29, 1.82) is 0 Å². The van der Waals surface area contributed by atoms with Crippen molar-refractivity contribution < 1.29 is 9.84 Å². The van der Waals surface area contributed by atoms with Crippen LogP contribution in [0.25, 0.3) is 0 Å². The summed E-state index contributed by atoms with van der Waals surface area (Å²) >= 11 is 0. The van der Waals surface area contributed by atoms with Gasteiger partial charge in [0.15, 0.2) is 0 Å². The van der Waals surface area contributed by atoms with Crippen molar-refractivity contribution in [2.24, 2.45) is 11.8 Å². The molecule has 2 rings (SSSR count). The number of aliphatic hydroxyl groups excluding tert-OH is 1. The van der Waals surface area contributed by atoms with E-state index in [1.165, 1.54) is 5.56 Å². The SMILES string of the molecule is CCC1C(O)CC(OCc2ccccc2)C1C. The highest BCUT2D eigenvalue weighted by molar-refractivity contribution is 5.13. The summed E-state index contributed by atoms with van der Waals surface area (Å²) in [6.45, 7) is 4.99. The molecule has 4 atom stereocenters. The average Bonchev–Trinajstić information content (AvgIpc) is 2.63. The molecule has 0 spiro atoms. The summed E-state index contributed by atoms with van der Waals surface area (Å²) in [6.07, 6.45) is 1.84. The van der Waals surface area contributed by atoms with Crippen LogP contribution in [0, 0.1) is 11.8 Å². The molecule has 1 aliphatic carbocycles. The Morgan fingerprint density at radius 3 is 2.59 bits per heavy atom. The van der Waals surface area contributed by atoms with Gasteiger partial charge in [0.05, 0.1) is 18.8 Å². The Labute approximate surface area is 104 Å². The minimum absolute atomic E-state index is 0.184. The largest absolute Gasteiger partial charge is 0.393 e. The van der Waals surface area contributed by atoms with Crippen molar-refractivity contribution in [1.82, 2.24) is 0 Å². The van der Waals surface area contributed by atoms with Crippen molar-refractivity contribution in [3.05, 3.63) is 35.9 Å². The minimum atomic E-state index is -0.184. The molecule has 1 N–H and O–H groups in total. The molecule has 0 heterocycles. The zero-order valence-electron chi connectivity index (χ0n) is 10.7. The van der Waals surface area contributed by atoms with Gasteiger partial charge in [-0.2, -0.15) is 0 Å². The molecule has 0 aromatic heterocycles. The smallest absolute Gasteiger partial charge is 0.0720 e. The number of hydrogen-bond acceptors (Lipinski definition) is 2. The minimum Gasteiger partial charge on any atom is -0.393 e. The van der Waals surface area contributed by atoms with Crippen molar-refractivity contribution in [3.8, 4) is 0 Å². The van der Waals surface area contributed by atoms with Crippen LogP contribution >= 0.6 is 0 Å². The summed E-state index contributed by atoms with van der Waals surface area (Å²) in [5.74, 6) is 0.856. The molecule has 0 aliphatic heterocycles. The first kappa shape index (κ1) is 12.6. The molecule has 0 radical (unpaired) electrons. The molecule has 2 nitrogen and oxygen atoms in total. The zero-order chi connectivity index (χ0) is 12.3. The first-order chi connectivity index (χ1) is 8.22. The van der Waals surface area contributed by atoms with Gasteiger partial charge in [-0.1, -0.05) is 50.6 Å². The lowest BCUT2D eigenvalue weighted by atomic mass is 9.93. The molecule has 1 aromatic carbocycles. The van der Waals surface area contributed by atoms with Crippen LogP contribution in [0.5, 0.6) is 0 Å².